The maximum atomic E-state index is 12.7. The van der Waals surface area contributed by atoms with Crippen LogP contribution in [0.2, 0.25) is 0 Å². The number of aliphatic carboxylic acids is 1. The summed E-state index contributed by atoms with van der Waals surface area (Å²) in [5.74, 6) is -4.48. The summed E-state index contributed by atoms with van der Waals surface area (Å²) >= 11 is 0. The fourth-order valence-electron chi connectivity index (χ4n) is 2.60. The molecule has 0 aromatic carbocycles. The molecule has 0 spiro atoms. The summed E-state index contributed by atoms with van der Waals surface area (Å²) in [6, 6.07) is -3.45. The van der Waals surface area contributed by atoms with Crippen LogP contribution in [0.25, 0.3) is 0 Å². The van der Waals surface area contributed by atoms with Gasteiger partial charge in [-0.2, -0.15) is 0 Å². The summed E-state index contributed by atoms with van der Waals surface area (Å²) in [5.41, 5.74) is 21.4. The Morgan fingerprint density at radius 1 is 0.938 bits per heavy atom. The van der Waals surface area contributed by atoms with Crippen molar-refractivity contribution in [2.45, 2.75) is 57.7 Å². The summed E-state index contributed by atoms with van der Waals surface area (Å²) in [6.07, 6.45) is 0.280. The summed E-state index contributed by atoms with van der Waals surface area (Å²) in [7, 11) is 0. The molecule has 3 unspecified atom stereocenters. The lowest BCUT2D eigenvalue weighted by atomic mass is 10.0. The Hall–Kier alpha value is -3.42. The highest BCUT2D eigenvalue weighted by atomic mass is 16.4. The van der Waals surface area contributed by atoms with Gasteiger partial charge in [0.25, 0.3) is 0 Å². The fourth-order valence-corrected chi connectivity index (χ4v) is 2.60. The van der Waals surface area contributed by atoms with Gasteiger partial charge in [-0.3, -0.25) is 29.0 Å². The van der Waals surface area contributed by atoms with E-state index in [0.29, 0.717) is 6.42 Å². The molecule has 14 nitrogen and oxygen atoms in total. The molecule has 0 aromatic heterocycles. The van der Waals surface area contributed by atoms with Crippen LogP contribution in [-0.4, -0.2) is 71.9 Å². The number of aliphatic imine (C=N–C) groups is 1. The molecule has 0 aliphatic heterocycles. The number of carboxylic acids is 1. The van der Waals surface area contributed by atoms with E-state index in [1.807, 2.05) is 0 Å². The van der Waals surface area contributed by atoms with Crippen LogP contribution in [0.5, 0.6) is 0 Å². The molecule has 0 bridgehead atoms. The van der Waals surface area contributed by atoms with E-state index < -0.39 is 60.7 Å². The Balaban J connectivity index is 5.16. The van der Waals surface area contributed by atoms with E-state index in [0.717, 1.165) is 0 Å². The monoisotopic (exact) mass is 458 g/mol. The Morgan fingerprint density at radius 2 is 1.53 bits per heavy atom. The van der Waals surface area contributed by atoms with Crippen molar-refractivity contribution < 1.29 is 29.1 Å². The minimum atomic E-state index is -1.37. The number of amides is 4. The number of hydrogen-bond acceptors (Lipinski definition) is 7. The molecule has 182 valence electrons. The van der Waals surface area contributed by atoms with E-state index in [1.165, 1.54) is 0 Å². The number of primary amides is 1. The fraction of sp³-hybridized carbons (Fsp3) is 0.667. The van der Waals surface area contributed by atoms with Gasteiger partial charge in [-0.1, -0.05) is 13.8 Å². The smallest absolute Gasteiger partial charge is 0.322 e. The highest BCUT2D eigenvalue weighted by Crippen LogP contribution is 2.06. The van der Waals surface area contributed by atoms with E-state index in [4.69, 9.17) is 28.0 Å². The van der Waals surface area contributed by atoms with Gasteiger partial charge in [0, 0.05) is 6.54 Å². The van der Waals surface area contributed by atoms with E-state index in [-0.39, 0.29) is 31.3 Å². The first-order valence-corrected chi connectivity index (χ1v) is 10.0. The number of nitrogens with two attached hydrogens (primary N) is 4. The summed E-state index contributed by atoms with van der Waals surface area (Å²) in [5, 5.41) is 15.7. The third kappa shape index (κ3) is 13.0. The first kappa shape index (κ1) is 28.6. The number of rotatable bonds is 15. The topological polar surface area (TPSA) is 258 Å². The molecule has 12 N–H and O–H groups in total. The summed E-state index contributed by atoms with van der Waals surface area (Å²) in [4.78, 5) is 63.1. The van der Waals surface area contributed by atoms with Gasteiger partial charge in [0.1, 0.15) is 18.6 Å². The van der Waals surface area contributed by atoms with Crippen molar-refractivity contribution in [3.63, 3.8) is 0 Å². The van der Waals surface area contributed by atoms with Gasteiger partial charge in [0.2, 0.25) is 23.6 Å². The van der Waals surface area contributed by atoms with Gasteiger partial charge >= 0.3 is 5.97 Å². The molecule has 0 saturated carbocycles. The molecule has 0 aliphatic rings. The molecule has 32 heavy (non-hydrogen) atoms. The number of carbonyl (C=O) groups excluding carboxylic acids is 4. The average molecular weight is 459 g/mol. The predicted molar refractivity (Wildman–Crippen MR) is 116 cm³/mol. The Kier molecular flexibility index (Phi) is 13.0. The quantitative estimate of drug-likeness (QED) is 0.0685. The highest BCUT2D eigenvalue weighted by molar-refractivity contribution is 5.95. The lowest BCUT2D eigenvalue weighted by Crippen LogP contribution is -2.57. The predicted octanol–water partition coefficient (Wildman–Crippen LogP) is -3.54. The second kappa shape index (κ2) is 14.6. The van der Waals surface area contributed by atoms with Crippen molar-refractivity contribution in [3.05, 3.63) is 0 Å². The number of nitrogens with zero attached hydrogens (tertiary/aromatic N) is 1. The van der Waals surface area contributed by atoms with Gasteiger partial charge in [0.15, 0.2) is 5.96 Å². The van der Waals surface area contributed by atoms with Gasteiger partial charge in [-0.25, -0.2) is 0 Å². The molecule has 3 atom stereocenters. The summed E-state index contributed by atoms with van der Waals surface area (Å²) in [6.45, 7) is 3.23. The second-order valence-electron chi connectivity index (χ2n) is 7.59. The number of guanidine groups is 1. The number of carbonyl (C=O) groups is 5. The molecule has 0 rings (SSSR count). The number of carboxylic acid groups (broad SMARTS) is 1. The van der Waals surface area contributed by atoms with Crippen LogP contribution in [0.3, 0.4) is 0 Å². The molecule has 14 heteroatoms. The van der Waals surface area contributed by atoms with Crippen molar-refractivity contribution in [2.75, 3.05) is 13.1 Å². The summed E-state index contributed by atoms with van der Waals surface area (Å²) < 4.78 is 0. The average Bonchev–Trinajstić information content (AvgIpc) is 2.67. The van der Waals surface area contributed by atoms with Crippen LogP contribution >= 0.6 is 0 Å². The lowest BCUT2D eigenvalue weighted by Gasteiger charge is -2.24. The van der Waals surface area contributed by atoms with Gasteiger partial charge in [0.05, 0.1) is 12.5 Å². The first-order chi connectivity index (χ1) is 14.8. The van der Waals surface area contributed by atoms with Crippen molar-refractivity contribution in [1.82, 2.24) is 16.0 Å². The molecular weight excluding hydrogens is 424 g/mol. The van der Waals surface area contributed by atoms with Crippen molar-refractivity contribution in [3.8, 4) is 0 Å². The normalized spacial score (nSPS) is 13.4. The van der Waals surface area contributed by atoms with E-state index in [9.17, 15) is 24.0 Å². The zero-order valence-electron chi connectivity index (χ0n) is 18.3. The van der Waals surface area contributed by atoms with Crippen molar-refractivity contribution in [2.24, 2.45) is 33.8 Å². The third-order valence-corrected chi connectivity index (χ3v) is 4.10. The zero-order chi connectivity index (χ0) is 24.8. The molecule has 0 aliphatic carbocycles. The molecule has 0 saturated heterocycles. The lowest BCUT2D eigenvalue weighted by molar-refractivity contribution is -0.139. The molecule has 0 fully saturated rings. The highest BCUT2D eigenvalue weighted by Gasteiger charge is 2.29. The van der Waals surface area contributed by atoms with Crippen LogP contribution in [0.15, 0.2) is 4.99 Å². The molecule has 0 radical (unpaired) electrons. The second-order valence-corrected chi connectivity index (χ2v) is 7.59. The molecule has 0 aromatic rings. The van der Waals surface area contributed by atoms with E-state index in [2.05, 4.69) is 20.9 Å². The number of hydrogen-bond donors (Lipinski definition) is 8. The maximum Gasteiger partial charge on any atom is 0.322 e. The van der Waals surface area contributed by atoms with Crippen LogP contribution in [0, 0.1) is 5.92 Å². The Morgan fingerprint density at radius 3 is 2.03 bits per heavy atom. The SMILES string of the molecule is CC(C)CC(NC(=O)C(CC(N)=O)NC(=O)C(N)CCCN=C(N)N)C(=O)NCC(=O)O. The largest absolute Gasteiger partial charge is 0.480 e. The standard InChI is InChI=1S/C18H34N8O6/c1-9(2)6-11(16(31)24-8-14(28)29)26-17(32)12(7-13(20)27)25-15(30)10(19)4-3-5-23-18(21)22/h9-12H,3-8,19H2,1-2H3,(H2,20,27)(H,24,31)(H,25,30)(H,26,32)(H,28,29)(H4,21,22,23). The van der Waals surface area contributed by atoms with E-state index >= 15 is 0 Å². The minimum Gasteiger partial charge on any atom is -0.480 e. The zero-order valence-corrected chi connectivity index (χ0v) is 18.3. The van der Waals surface area contributed by atoms with Crippen LogP contribution in [0.1, 0.15) is 39.5 Å². The van der Waals surface area contributed by atoms with Crippen molar-refractivity contribution in [1.29, 1.82) is 0 Å². The van der Waals surface area contributed by atoms with Crippen LogP contribution < -0.4 is 38.9 Å². The molecule has 0 heterocycles. The molecule has 4 amide bonds. The third-order valence-electron chi connectivity index (χ3n) is 4.10. The van der Waals surface area contributed by atoms with Gasteiger partial charge < -0.3 is 44.0 Å². The van der Waals surface area contributed by atoms with Crippen LogP contribution in [0.4, 0.5) is 0 Å². The molecular formula is C18H34N8O6. The Labute approximate surface area is 185 Å². The first-order valence-electron chi connectivity index (χ1n) is 10.0. The minimum absolute atomic E-state index is 0.0290. The number of nitrogens with one attached hydrogen (secondary N) is 3. The maximum absolute atomic E-state index is 12.7. The van der Waals surface area contributed by atoms with Crippen LogP contribution in [-0.2, 0) is 24.0 Å². The Bertz CT molecular complexity index is 708. The van der Waals surface area contributed by atoms with Gasteiger partial charge in [-0.05, 0) is 25.2 Å². The van der Waals surface area contributed by atoms with Gasteiger partial charge in [-0.15, -0.1) is 0 Å². The van der Waals surface area contributed by atoms with E-state index in [1.54, 1.807) is 13.8 Å². The van der Waals surface area contributed by atoms with Crippen molar-refractivity contribution >= 4 is 35.6 Å².